The Balaban J connectivity index is 0.000000151. The molecule has 0 saturated carbocycles. The number of methoxy groups -OCH3 is 6. The predicted octanol–water partition coefficient (Wildman–Crippen LogP) is 18.4. The molecule has 0 bridgehead atoms. The minimum atomic E-state index is -0.0735. The lowest BCUT2D eigenvalue weighted by Gasteiger charge is -2.28. The van der Waals surface area contributed by atoms with Crippen molar-refractivity contribution in [3.8, 4) is 90.5 Å². The van der Waals surface area contributed by atoms with Crippen LogP contribution in [-0.4, -0.2) is 98.7 Å². The molecule has 1 aliphatic heterocycles. The quantitative estimate of drug-likeness (QED) is 0.0188. The van der Waals surface area contributed by atoms with Crippen molar-refractivity contribution < 1.29 is 38.6 Å². The first kappa shape index (κ1) is 77.5. The zero-order valence-electron chi connectivity index (χ0n) is 62.2. The van der Waals surface area contributed by atoms with E-state index in [1.165, 1.54) is 95.1 Å². The van der Waals surface area contributed by atoms with Crippen LogP contribution in [0.1, 0.15) is 56.1 Å². The summed E-state index contributed by atoms with van der Waals surface area (Å²) in [5.41, 5.74) is 21.5. The van der Waals surface area contributed by atoms with Crippen LogP contribution in [0.2, 0.25) is 0 Å². The summed E-state index contributed by atoms with van der Waals surface area (Å²) in [4.78, 5) is 0. The first-order valence-corrected chi connectivity index (χ1v) is 36.7. The largest absolute Gasteiger partial charge is 0.504 e. The SMILES string of the molecule is COc1cc2c(cc1OC)C(Cc1ccc(-c3ccccc3)cc1)NCC2.COc1ccc(CCNCCc2ccc(-c3ccccc3)cc2)cc1OC.COc1ccc(CCNCCc2ccc(-c3ccccc3)cc2)cc1OC.Oc1ccc(CCNCCc2ccc(-c3ccccc3)cc2)cc1O. The van der Waals surface area contributed by atoms with Gasteiger partial charge in [-0.1, -0.05) is 237 Å². The van der Waals surface area contributed by atoms with Gasteiger partial charge in [-0.15, -0.1) is 0 Å². The fraction of sp³-hybridized carbons (Fsp3) is 0.234. The summed E-state index contributed by atoms with van der Waals surface area (Å²) in [5.74, 6) is 4.59. The fourth-order valence-corrected chi connectivity index (χ4v) is 12.9. The van der Waals surface area contributed by atoms with E-state index in [1.54, 1.807) is 48.7 Å². The van der Waals surface area contributed by atoms with Gasteiger partial charge in [-0.2, -0.15) is 0 Å². The standard InChI is InChI=1S/C24H25NO2.2C24H27NO2.C22H23NO2/c1-26-23-15-20-12-13-25-22(21(20)16-24(23)27-2)14-17-8-10-19(11-9-17)18-6-4-3-5-7-18;2*1-26-23-13-10-20(18-24(23)27-2)15-17-25-16-14-19-8-11-22(12-9-19)21-6-4-3-5-7-21;24-21-11-8-18(16-22(21)25)13-15-23-14-12-17-6-9-20(10-7-17)19-4-2-1-3-5-19/h3-11,15-16,22,25H,12-14H2,1-2H3;2*3-13,18,25H,14-17H2,1-2H3;1-11,16,23-25H,12-15H2. The van der Waals surface area contributed by atoms with E-state index >= 15 is 0 Å². The second-order valence-corrected chi connectivity index (χ2v) is 26.1. The van der Waals surface area contributed by atoms with E-state index in [9.17, 15) is 10.2 Å². The van der Waals surface area contributed by atoms with Gasteiger partial charge in [0, 0.05) is 6.04 Å². The summed E-state index contributed by atoms with van der Waals surface area (Å²) >= 11 is 0. The van der Waals surface area contributed by atoms with Gasteiger partial charge in [-0.3, -0.25) is 0 Å². The molecule has 1 atom stereocenters. The molecule has 0 saturated heterocycles. The zero-order chi connectivity index (χ0) is 73.9. The molecule has 1 heterocycles. The Morgan fingerprint density at radius 3 is 0.906 bits per heavy atom. The molecule has 0 fully saturated rings. The van der Waals surface area contributed by atoms with Crippen molar-refractivity contribution in [2.45, 2.75) is 57.4 Å². The molecule has 0 amide bonds. The van der Waals surface area contributed by atoms with Gasteiger partial charge in [0.05, 0.1) is 42.7 Å². The molecule has 106 heavy (non-hydrogen) atoms. The number of benzene rings is 12. The van der Waals surface area contributed by atoms with Gasteiger partial charge in [0.2, 0.25) is 0 Å². The smallest absolute Gasteiger partial charge is 0.161 e. The van der Waals surface area contributed by atoms with E-state index in [0.29, 0.717) is 0 Å². The minimum Gasteiger partial charge on any atom is -0.504 e. The van der Waals surface area contributed by atoms with Gasteiger partial charge in [0.25, 0.3) is 0 Å². The van der Waals surface area contributed by atoms with Crippen molar-refractivity contribution in [1.29, 1.82) is 0 Å². The highest BCUT2D eigenvalue weighted by Gasteiger charge is 2.23. The molecule has 12 heteroatoms. The third-order valence-corrected chi connectivity index (χ3v) is 19.0. The normalized spacial score (nSPS) is 12.0. The summed E-state index contributed by atoms with van der Waals surface area (Å²) < 4.78 is 32.3. The van der Waals surface area contributed by atoms with Gasteiger partial charge in [-0.05, 0) is 240 Å². The Hall–Kier alpha value is -11.1. The van der Waals surface area contributed by atoms with Crippen LogP contribution in [0, 0.1) is 0 Å². The molecule has 6 N–H and O–H groups in total. The van der Waals surface area contributed by atoms with Crippen molar-refractivity contribution in [2.75, 3.05) is 88.5 Å². The molecule has 546 valence electrons. The van der Waals surface area contributed by atoms with E-state index in [-0.39, 0.29) is 17.5 Å². The van der Waals surface area contributed by atoms with E-state index in [1.807, 2.05) is 54.6 Å². The molecule has 12 aromatic rings. The van der Waals surface area contributed by atoms with Gasteiger partial charge in [-0.25, -0.2) is 0 Å². The topological polar surface area (TPSA) is 144 Å². The highest BCUT2D eigenvalue weighted by molar-refractivity contribution is 5.66. The number of phenolic OH excluding ortho intramolecular Hbond substituents is 2. The maximum absolute atomic E-state index is 9.49. The number of hydrogen-bond acceptors (Lipinski definition) is 12. The van der Waals surface area contributed by atoms with Crippen LogP contribution in [0.4, 0.5) is 0 Å². The number of aromatic hydroxyl groups is 2. The molecule has 13 rings (SSSR count). The molecule has 0 radical (unpaired) electrons. The minimum absolute atomic E-state index is 0.0593. The summed E-state index contributed by atoms with van der Waals surface area (Å²) in [6, 6.07) is 98.8. The van der Waals surface area contributed by atoms with E-state index in [4.69, 9.17) is 28.4 Å². The lowest BCUT2D eigenvalue weighted by Crippen LogP contribution is -2.31. The molecule has 0 aliphatic carbocycles. The van der Waals surface area contributed by atoms with Crippen LogP contribution in [-0.2, 0) is 51.4 Å². The molecule has 12 nitrogen and oxygen atoms in total. The maximum Gasteiger partial charge on any atom is 0.161 e. The molecule has 1 aliphatic rings. The van der Waals surface area contributed by atoms with Gasteiger partial charge in [0.1, 0.15) is 0 Å². The molecular formula is C94H102N4O8. The average molecular weight is 1420 g/mol. The van der Waals surface area contributed by atoms with Crippen LogP contribution < -0.4 is 49.7 Å². The van der Waals surface area contributed by atoms with Crippen LogP contribution in [0.25, 0.3) is 44.5 Å². The van der Waals surface area contributed by atoms with Crippen LogP contribution in [0.3, 0.4) is 0 Å². The van der Waals surface area contributed by atoms with Crippen molar-refractivity contribution in [1.82, 2.24) is 21.3 Å². The van der Waals surface area contributed by atoms with E-state index in [2.05, 4.69) is 240 Å². The Kier molecular flexibility index (Phi) is 30.7. The monoisotopic (exact) mass is 1410 g/mol. The van der Waals surface area contributed by atoms with E-state index < -0.39 is 0 Å². The summed E-state index contributed by atoms with van der Waals surface area (Å²) in [6.45, 7) is 6.56. The van der Waals surface area contributed by atoms with Crippen LogP contribution in [0.15, 0.2) is 285 Å². The highest BCUT2D eigenvalue weighted by atomic mass is 16.5. The number of nitrogens with one attached hydrogen (secondary N) is 4. The van der Waals surface area contributed by atoms with Crippen molar-refractivity contribution in [2.24, 2.45) is 0 Å². The van der Waals surface area contributed by atoms with Gasteiger partial charge in [0.15, 0.2) is 46.0 Å². The first-order chi connectivity index (χ1) is 52.1. The third-order valence-electron chi connectivity index (χ3n) is 19.0. The number of phenols is 2. The molecule has 0 spiro atoms. The summed E-state index contributed by atoms with van der Waals surface area (Å²) in [6.07, 6.45) is 7.76. The summed E-state index contributed by atoms with van der Waals surface area (Å²) in [7, 11) is 10.0. The second-order valence-electron chi connectivity index (χ2n) is 26.1. The molecular weight excluding hydrogens is 1310 g/mol. The molecule has 12 aromatic carbocycles. The Bertz CT molecular complexity index is 4380. The average Bonchev–Trinajstić information content (AvgIpc) is 0.792. The lowest BCUT2D eigenvalue weighted by molar-refractivity contribution is 0.352. The highest BCUT2D eigenvalue weighted by Crippen LogP contribution is 2.37. The van der Waals surface area contributed by atoms with Crippen molar-refractivity contribution in [3.63, 3.8) is 0 Å². The fourth-order valence-electron chi connectivity index (χ4n) is 12.9. The van der Waals surface area contributed by atoms with Crippen LogP contribution >= 0.6 is 0 Å². The van der Waals surface area contributed by atoms with Gasteiger partial charge < -0.3 is 59.9 Å². The predicted molar refractivity (Wildman–Crippen MR) is 435 cm³/mol. The van der Waals surface area contributed by atoms with Crippen molar-refractivity contribution >= 4 is 0 Å². The molecule has 1 unspecified atom stereocenters. The molecule has 0 aromatic heterocycles. The van der Waals surface area contributed by atoms with Crippen molar-refractivity contribution in [3.05, 3.63) is 335 Å². The Morgan fingerprint density at radius 1 is 0.283 bits per heavy atom. The maximum atomic E-state index is 9.49. The van der Waals surface area contributed by atoms with E-state index in [0.717, 1.165) is 137 Å². The number of hydrogen-bond donors (Lipinski definition) is 6. The third kappa shape index (κ3) is 23.7. The lowest BCUT2D eigenvalue weighted by atomic mass is 9.89. The number of ether oxygens (including phenoxy) is 6. The number of rotatable bonds is 30. The Morgan fingerprint density at radius 2 is 0.566 bits per heavy atom. The summed E-state index contributed by atoms with van der Waals surface area (Å²) in [5, 5.41) is 32.9. The van der Waals surface area contributed by atoms with Crippen LogP contribution in [0.5, 0.6) is 46.0 Å². The number of fused-ring (bicyclic) bond motifs is 1. The second kappa shape index (κ2) is 42.0. The first-order valence-electron chi connectivity index (χ1n) is 36.7. The van der Waals surface area contributed by atoms with Gasteiger partial charge >= 0.3 is 0 Å². The Labute approximate surface area is 628 Å². The zero-order valence-corrected chi connectivity index (χ0v) is 62.2.